The number of ether oxygens (including phenoxy) is 1. The summed E-state index contributed by atoms with van der Waals surface area (Å²) >= 11 is 1.47. The molecule has 196 valence electrons. The molecular weight excluding hydrogens is 460 g/mol. The predicted octanol–water partition coefficient (Wildman–Crippen LogP) is 5.88. The molecule has 4 rings (SSSR count). The quantitative estimate of drug-likeness (QED) is 0.345. The van der Waals surface area contributed by atoms with Crippen molar-refractivity contribution in [2.75, 3.05) is 6.61 Å². The molecule has 0 aromatic carbocycles. The third-order valence-corrected chi connectivity index (χ3v) is 11.8. The highest BCUT2D eigenvalue weighted by Gasteiger charge is 2.66. The number of carbonyl (C=O) groups is 3. The number of allylic oxidation sites excluding steroid dienone is 1. The second-order valence-electron chi connectivity index (χ2n) is 12.2. The highest BCUT2D eigenvalue weighted by atomic mass is 32.2. The van der Waals surface area contributed by atoms with Crippen LogP contribution in [0.15, 0.2) is 11.6 Å². The average molecular weight is 505 g/mol. The molecular formula is C29H44O5S. The highest BCUT2D eigenvalue weighted by Crippen LogP contribution is 2.70. The summed E-state index contributed by atoms with van der Waals surface area (Å²) in [4.78, 5) is 36.5. The third-order valence-electron chi connectivity index (χ3n) is 10.5. The number of ketones is 1. The van der Waals surface area contributed by atoms with Crippen molar-refractivity contribution in [3.05, 3.63) is 11.6 Å². The Morgan fingerprint density at radius 1 is 1.17 bits per heavy atom. The number of hydrogen-bond acceptors (Lipinski definition) is 6. The number of hydrogen-bond donors (Lipinski definition) is 1. The molecule has 3 fully saturated rings. The van der Waals surface area contributed by atoms with Crippen LogP contribution >= 0.6 is 11.8 Å². The summed E-state index contributed by atoms with van der Waals surface area (Å²) in [6, 6.07) is 0. The normalized spacial score (nSPS) is 42.5. The van der Waals surface area contributed by atoms with Gasteiger partial charge in [0.2, 0.25) is 0 Å². The van der Waals surface area contributed by atoms with Gasteiger partial charge >= 0.3 is 5.97 Å². The van der Waals surface area contributed by atoms with E-state index in [0.717, 1.165) is 38.5 Å². The van der Waals surface area contributed by atoms with Crippen molar-refractivity contribution in [2.24, 2.45) is 34.5 Å². The molecule has 4 aliphatic carbocycles. The van der Waals surface area contributed by atoms with E-state index in [2.05, 4.69) is 20.8 Å². The van der Waals surface area contributed by atoms with Crippen LogP contribution in [0, 0.1) is 34.5 Å². The van der Waals surface area contributed by atoms with Gasteiger partial charge in [0.1, 0.15) is 0 Å². The molecule has 3 saturated carbocycles. The fourth-order valence-electron chi connectivity index (χ4n) is 8.62. The van der Waals surface area contributed by atoms with Crippen LogP contribution in [0.25, 0.3) is 0 Å². The third kappa shape index (κ3) is 4.56. The fraction of sp³-hybridized carbons (Fsp3) is 0.828. The molecule has 0 radical (unpaired) electrons. The van der Waals surface area contributed by atoms with Crippen molar-refractivity contribution < 1.29 is 24.2 Å². The molecule has 0 aromatic rings. The van der Waals surface area contributed by atoms with Crippen LogP contribution < -0.4 is 0 Å². The summed E-state index contributed by atoms with van der Waals surface area (Å²) in [5, 5.41) is 12.3. The lowest BCUT2D eigenvalue weighted by Gasteiger charge is -2.62. The van der Waals surface area contributed by atoms with Crippen molar-refractivity contribution >= 4 is 28.6 Å². The zero-order valence-corrected chi connectivity index (χ0v) is 23.0. The number of fused-ring (bicyclic) bond motifs is 5. The Hall–Kier alpha value is -1.14. The molecule has 0 bridgehead atoms. The molecule has 0 aliphatic heterocycles. The Kier molecular flexibility index (Phi) is 7.66. The van der Waals surface area contributed by atoms with Crippen LogP contribution in [0.4, 0.5) is 0 Å². The van der Waals surface area contributed by atoms with Crippen molar-refractivity contribution in [1.29, 1.82) is 0 Å². The van der Waals surface area contributed by atoms with E-state index >= 15 is 0 Å². The number of rotatable bonds is 7. The van der Waals surface area contributed by atoms with Crippen molar-refractivity contribution in [1.82, 2.24) is 0 Å². The molecule has 0 aromatic heterocycles. The van der Waals surface area contributed by atoms with E-state index in [9.17, 15) is 19.5 Å². The standard InChI is InChI=1S/C29H44O5S/c1-6-8-24(32)34-16-7-12-29(33)15-11-22-25-21(10-14-28(22,29)5)27(4)13-9-20(31)17-23(27)18(2)26(25)35-19(3)30/h17-18,21-22,25-26,33H,6-16H2,1-5H3/t18?,21-,22+,25-,26?,27-,28+,29?/m1/s1. The van der Waals surface area contributed by atoms with E-state index in [0.29, 0.717) is 50.0 Å². The van der Waals surface area contributed by atoms with Gasteiger partial charge < -0.3 is 9.84 Å². The zero-order valence-electron chi connectivity index (χ0n) is 22.2. The molecule has 5 nitrogen and oxygen atoms in total. The van der Waals surface area contributed by atoms with Gasteiger partial charge in [0.25, 0.3) is 0 Å². The highest BCUT2D eigenvalue weighted by molar-refractivity contribution is 8.14. The first-order valence-electron chi connectivity index (χ1n) is 13.8. The van der Waals surface area contributed by atoms with Crippen molar-refractivity contribution in [3.63, 3.8) is 0 Å². The van der Waals surface area contributed by atoms with E-state index in [1.54, 1.807) is 6.92 Å². The summed E-state index contributed by atoms with van der Waals surface area (Å²) in [7, 11) is 0. The molecule has 0 heterocycles. The Morgan fingerprint density at radius 3 is 2.57 bits per heavy atom. The smallest absolute Gasteiger partial charge is 0.305 e. The van der Waals surface area contributed by atoms with E-state index in [1.165, 1.54) is 17.3 Å². The molecule has 35 heavy (non-hydrogen) atoms. The van der Waals surface area contributed by atoms with Crippen LogP contribution in [0.1, 0.15) is 98.8 Å². The summed E-state index contributed by atoms with van der Waals surface area (Å²) in [6.45, 7) is 10.9. The summed E-state index contributed by atoms with van der Waals surface area (Å²) in [5.41, 5.74) is 0.286. The van der Waals surface area contributed by atoms with Crippen molar-refractivity contribution in [2.45, 2.75) is 110 Å². The zero-order chi connectivity index (χ0) is 25.6. The minimum atomic E-state index is -0.770. The number of esters is 1. The number of aliphatic hydroxyl groups is 1. The molecule has 0 amide bonds. The van der Waals surface area contributed by atoms with Crippen LogP contribution in [-0.4, -0.2) is 39.4 Å². The predicted molar refractivity (Wildman–Crippen MR) is 139 cm³/mol. The van der Waals surface area contributed by atoms with Crippen LogP contribution in [0.5, 0.6) is 0 Å². The SMILES string of the molecule is CCCC(=O)OCCCC1(O)CC[C@H]2[C@@H]3C(SC(C)=O)C(C)C4=CC(=O)CC[C@]4(C)[C@@H]3CC[C@@]21C. The first kappa shape index (κ1) is 26.9. The fourth-order valence-corrected chi connectivity index (χ4v) is 9.89. The van der Waals surface area contributed by atoms with Gasteiger partial charge in [-0.3, -0.25) is 14.4 Å². The molecule has 0 saturated heterocycles. The van der Waals surface area contributed by atoms with Gasteiger partial charge in [0, 0.05) is 25.0 Å². The van der Waals surface area contributed by atoms with Gasteiger partial charge in [0.15, 0.2) is 10.9 Å². The maximum Gasteiger partial charge on any atom is 0.305 e. The van der Waals surface area contributed by atoms with Crippen LogP contribution in [-0.2, 0) is 19.1 Å². The summed E-state index contributed by atoms with van der Waals surface area (Å²) < 4.78 is 5.37. The molecule has 4 aliphatic rings. The number of carbonyl (C=O) groups excluding carboxylic acids is 3. The minimum absolute atomic E-state index is 0.00135. The van der Waals surface area contributed by atoms with Gasteiger partial charge in [-0.05, 0) is 91.9 Å². The van der Waals surface area contributed by atoms with Gasteiger partial charge in [0.05, 0.1) is 12.2 Å². The monoisotopic (exact) mass is 504 g/mol. The van der Waals surface area contributed by atoms with Crippen LogP contribution in [0.2, 0.25) is 0 Å². The maximum atomic E-state index is 12.4. The Morgan fingerprint density at radius 2 is 1.89 bits per heavy atom. The molecule has 6 heteroatoms. The lowest BCUT2D eigenvalue weighted by atomic mass is 9.44. The van der Waals surface area contributed by atoms with Gasteiger partial charge in [-0.25, -0.2) is 0 Å². The average Bonchev–Trinajstić information content (AvgIpc) is 3.06. The first-order valence-corrected chi connectivity index (χ1v) is 14.6. The van der Waals surface area contributed by atoms with Gasteiger partial charge in [-0.2, -0.15) is 0 Å². The number of thioether (sulfide) groups is 1. The second kappa shape index (κ2) is 9.96. The lowest BCUT2D eigenvalue weighted by Crippen LogP contribution is -2.59. The molecule has 0 spiro atoms. The largest absolute Gasteiger partial charge is 0.466 e. The minimum Gasteiger partial charge on any atom is -0.466 e. The molecule has 8 atom stereocenters. The topological polar surface area (TPSA) is 80.7 Å². The second-order valence-corrected chi connectivity index (χ2v) is 13.6. The van der Waals surface area contributed by atoms with E-state index in [-0.39, 0.29) is 38.9 Å². The van der Waals surface area contributed by atoms with Gasteiger partial charge in [-0.1, -0.05) is 45.0 Å². The van der Waals surface area contributed by atoms with Gasteiger partial charge in [-0.15, -0.1) is 0 Å². The Balaban J connectivity index is 1.59. The Bertz CT molecular complexity index is 898. The summed E-state index contributed by atoms with van der Waals surface area (Å²) in [6.07, 6.45) is 9.71. The Labute approximate surface area is 215 Å². The van der Waals surface area contributed by atoms with E-state index < -0.39 is 5.60 Å². The van der Waals surface area contributed by atoms with E-state index in [1.807, 2.05) is 13.0 Å². The van der Waals surface area contributed by atoms with Crippen LogP contribution in [0.3, 0.4) is 0 Å². The lowest BCUT2D eigenvalue weighted by molar-refractivity contribution is -0.147. The summed E-state index contributed by atoms with van der Waals surface area (Å²) in [5.74, 6) is 1.39. The molecule has 1 N–H and O–H groups in total. The molecule has 3 unspecified atom stereocenters. The van der Waals surface area contributed by atoms with Crippen molar-refractivity contribution in [3.8, 4) is 0 Å². The first-order chi connectivity index (χ1) is 16.5. The van der Waals surface area contributed by atoms with E-state index in [4.69, 9.17) is 4.74 Å². The maximum absolute atomic E-state index is 12.4.